The van der Waals surface area contributed by atoms with Gasteiger partial charge in [-0.25, -0.2) is 9.50 Å². The van der Waals surface area contributed by atoms with Gasteiger partial charge in [0, 0.05) is 11.8 Å². The average Bonchev–Trinajstić information content (AvgIpc) is 3.14. The lowest BCUT2D eigenvalue weighted by molar-refractivity contribution is -0.135. The molecule has 146 valence electrons. The van der Waals surface area contributed by atoms with Crippen LogP contribution in [0.4, 0.5) is 0 Å². The third-order valence-electron chi connectivity index (χ3n) is 4.26. The molecule has 0 aliphatic carbocycles. The van der Waals surface area contributed by atoms with Crippen LogP contribution in [0.5, 0.6) is 5.75 Å². The summed E-state index contributed by atoms with van der Waals surface area (Å²) in [6, 6.07) is 11.5. The molecule has 0 saturated heterocycles. The average molecular weight is 400 g/mol. The Bertz CT molecular complexity index is 1020. The Balaban J connectivity index is 1.88. The van der Waals surface area contributed by atoms with Crippen LogP contribution in [0.15, 0.2) is 47.8 Å². The zero-order chi connectivity index (χ0) is 20.3. The summed E-state index contributed by atoms with van der Waals surface area (Å²) in [7, 11) is 0. The number of hydrogen-bond acceptors (Lipinski definition) is 6. The Morgan fingerprint density at radius 3 is 2.64 bits per heavy atom. The van der Waals surface area contributed by atoms with E-state index in [1.807, 2.05) is 18.2 Å². The number of benzene rings is 1. The van der Waals surface area contributed by atoms with Crippen LogP contribution in [0, 0.1) is 0 Å². The van der Waals surface area contributed by atoms with Crippen molar-refractivity contribution in [3.05, 3.63) is 53.9 Å². The van der Waals surface area contributed by atoms with Crippen LogP contribution in [-0.4, -0.2) is 49.0 Å². The van der Waals surface area contributed by atoms with Gasteiger partial charge in [-0.05, 0) is 11.0 Å². The van der Waals surface area contributed by atoms with Gasteiger partial charge >= 0.3 is 5.97 Å². The van der Waals surface area contributed by atoms with E-state index in [1.165, 1.54) is 34.2 Å². The molecule has 0 bridgehead atoms. The minimum absolute atomic E-state index is 0.106. The molecule has 3 rings (SSSR count). The SMILES string of the molecule is CC(C)(CSc1cc(O)c(C(=O)NCC(=O)O)c2ncnn12)c1ccccc1. The number of carbonyl (C=O) groups excluding carboxylic acids is 1. The lowest BCUT2D eigenvalue weighted by Crippen LogP contribution is -2.29. The maximum Gasteiger partial charge on any atom is 0.322 e. The van der Waals surface area contributed by atoms with Crippen molar-refractivity contribution in [3.63, 3.8) is 0 Å². The first-order valence-electron chi connectivity index (χ1n) is 8.53. The van der Waals surface area contributed by atoms with Gasteiger partial charge in [-0.1, -0.05) is 44.2 Å². The van der Waals surface area contributed by atoms with Gasteiger partial charge < -0.3 is 15.5 Å². The molecule has 0 saturated carbocycles. The molecule has 3 aromatic rings. The maximum atomic E-state index is 12.3. The molecule has 2 aromatic heterocycles. The number of nitrogens with zero attached hydrogens (tertiary/aromatic N) is 3. The van der Waals surface area contributed by atoms with Gasteiger partial charge in [-0.2, -0.15) is 5.10 Å². The highest BCUT2D eigenvalue weighted by molar-refractivity contribution is 7.99. The number of pyridine rings is 1. The molecule has 9 heteroatoms. The fraction of sp³-hybridized carbons (Fsp3) is 0.263. The molecular formula is C19H20N4O4S. The van der Waals surface area contributed by atoms with Crippen LogP contribution in [0.3, 0.4) is 0 Å². The Morgan fingerprint density at radius 1 is 1.25 bits per heavy atom. The first-order valence-corrected chi connectivity index (χ1v) is 9.52. The van der Waals surface area contributed by atoms with E-state index in [1.54, 1.807) is 0 Å². The van der Waals surface area contributed by atoms with E-state index < -0.39 is 18.4 Å². The number of aliphatic carboxylic acids is 1. The molecule has 0 aliphatic heterocycles. The monoisotopic (exact) mass is 400 g/mol. The van der Waals surface area contributed by atoms with E-state index in [0.717, 1.165) is 0 Å². The molecule has 0 fully saturated rings. The van der Waals surface area contributed by atoms with Gasteiger partial charge in [0.1, 0.15) is 29.2 Å². The van der Waals surface area contributed by atoms with Gasteiger partial charge in [0.05, 0.1) is 0 Å². The largest absolute Gasteiger partial charge is 0.507 e. The number of aromatic hydroxyl groups is 1. The van der Waals surface area contributed by atoms with Crippen molar-refractivity contribution < 1.29 is 19.8 Å². The second-order valence-corrected chi connectivity index (χ2v) is 7.85. The van der Waals surface area contributed by atoms with Crippen molar-refractivity contribution >= 4 is 29.3 Å². The molecular weight excluding hydrogens is 380 g/mol. The molecule has 3 N–H and O–H groups in total. The number of hydrogen-bond donors (Lipinski definition) is 3. The van der Waals surface area contributed by atoms with Crippen LogP contribution in [0.2, 0.25) is 0 Å². The topological polar surface area (TPSA) is 117 Å². The fourth-order valence-corrected chi connectivity index (χ4v) is 3.86. The molecule has 1 amide bonds. The number of thioether (sulfide) groups is 1. The van der Waals surface area contributed by atoms with Crippen molar-refractivity contribution in [2.24, 2.45) is 0 Å². The molecule has 0 unspecified atom stereocenters. The zero-order valence-electron chi connectivity index (χ0n) is 15.4. The Labute approximate surface area is 165 Å². The van der Waals surface area contributed by atoms with Crippen molar-refractivity contribution in [2.45, 2.75) is 24.3 Å². The standard InChI is InChI=1S/C19H20N4O4S/c1-19(2,12-6-4-3-5-7-12)10-28-14-8-13(24)16(17-21-11-22-23(14)17)18(27)20-9-15(25)26/h3-8,11,24H,9-10H2,1-2H3,(H,20,27)(H,25,26). The molecule has 0 atom stereocenters. The summed E-state index contributed by atoms with van der Waals surface area (Å²) in [6.07, 6.45) is 1.29. The van der Waals surface area contributed by atoms with Crippen molar-refractivity contribution in [3.8, 4) is 5.75 Å². The molecule has 0 spiro atoms. The summed E-state index contributed by atoms with van der Waals surface area (Å²) in [6.45, 7) is 3.70. The molecule has 8 nitrogen and oxygen atoms in total. The van der Waals surface area contributed by atoms with Crippen LogP contribution < -0.4 is 5.32 Å². The minimum Gasteiger partial charge on any atom is -0.507 e. The third kappa shape index (κ3) is 4.09. The normalized spacial score (nSPS) is 11.5. The Morgan fingerprint density at radius 2 is 1.96 bits per heavy atom. The highest BCUT2D eigenvalue weighted by Gasteiger charge is 2.24. The van der Waals surface area contributed by atoms with E-state index in [4.69, 9.17) is 5.11 Å². The number of carbonyl (C=O) groups is 2. The predicted octanol–water partition coefficient (Wildman–Crippen LogP) is 2.32. The van der Waals surface area contributed by atoms with Crippen molar-refractivity contribution in [2.75, 3.05) is 12.3 Å². The van der Waals surface area contributed by atoms with Gasteiger partial charge in [0.25, 0.3) is 5.91 Å². The smallest absolute Gasteiger partial charge is 0.322 e. The van der Waals surface area contributed by atoms with Crippen LogP contribution in [-0.2, 0) is 10.2 Å². The predicted molar refractivity (Wildman–Crippen MR) is 105 cm³/mol. The molecule has 0 radical (unpaired) electrons. The second-order valence-electron chi connectivity index (χ2n) is 6.85. The van der Waals surface area contributed by atoms with Crippen molar-refractivity contribution in [1.29, 1.82) is 0 Å². The van der Waals surface area contributed by atoms with E-state index in [2.05, 4.69) is 41.4 Å². The second kappa shape index (κ2) is 7.89. The lowest BCUT2D eigenvalue weighted by Gasteiger charge is -2.25. The highest BCUT2D eigenvalue weighted by Crippen LogP contribution is 2.34. The van der Waals surface area contributed by atoms with Crippen LogP contribution >= 0.6 is 11.8 Å². The van der Waals surface area contributed by atoms with Gasteiger partial charge in [0.15, 0.2) is 5.65 Å². The van der Waals surface area contributed by atoms with Gasteiger partial charge in [-0.15, -0.1) is 11.8 Å². The molecule has 2 heterocycles. The van der Waals surface area contributed by atoms with Crippen LogP contribution in [0.1, 0.15) is 29.8 Å². The quantitative estimate of drug-likeness (QED) is 0.521. The van der Waals surface area contributed by atoms with E-state index >= 15 is 0 Å². The van der Waals surface area contributed by atoms with Crippen molar-refractivity contribution in [1.82, 2.24) is 19.9 Å². The minimum atomic E-state index is -1.18. The summed E-state index contributed by atoms with van der Waals surface area (Å²) in [5, 5.41) is 26.1. The molecule has 0 aliphatic rings. The van der Waals surface area contributed by atoms with Crippen LogP contribution in [0.25, 0.3) is 5.65 Å². The van der Waals surface area contributed by atoms with E-state index in [-0.39, 0.29) is 22.4 Å². The zero-order valence-corrected chi connectivity index (χ0v) is 16.2. The number of nitrogens with one attached hydrogen (secondary N) is 1. The first kappa shape index (κ1) is 19.7. The highest BCUT2D eigenvalue weighted by atomic mass is 32.2. The summed E-state index contributed by atoms with van der Waals surface area (Å²) >= 11 is 1.48. The molecule has 28 heavy (non-hydrogen) atoms. The maximum absolute atomic E-state index is 12.3. The first-order chi connectivity index (χ1) is 13.3. The summed E-state index contributed by atoms with van der Waals surface area (Å²) in [4.78, 5) is 27.0. The summed E-state index contributed by atoms with van der Waals surface area (Å²) in [5.41, 5.74) is 1.12. The Hall–Kier alpha value is -3.07. The number of fused-ring (bicyclic) bond motifs is 1. The van der Waals surface area contributed by atoms with E-state index in [0.29, 0.717) is 10.8 Å². The number of amides is 1. The van der Waals surface area contributed by atoms with Gasteiger partial charge in [0.2, 0.25) is 0 Å². The molecule has 1 aromatic carbocycles. The third-order valence-corrected chi connectivity index (χ3v) is 5.71. The number of aromatic nitrogens is 3. The number of rotatable bonds is 7. The van der Waals surface area contributed by atoms with Gasteiger partial charge in [-0.3, -0.25) is 9.59 Å². The Kier molecular flexibility index (Phi) is 5.55. The van der Waals surface area contributed by atoms with E-state index in [9.17, 15) is 14.7 Å². The summed E-state index contributed by atoms with van der Waals surface area (Å²) < 4.78 is 1.47. The fourth-order valence-electron chi connectivity index (χ4n) is 2.73. The summed E-state index contributed by atoms with van der Waals surface area (Å²) in [5.74, 6) is -1.47. The number of carboxylic acids is 1. The lowest BCUT2D eigenvalue weighted by atomic mass is 9.87. The number of carboxylic acid groups (broad SMARTS) is 1.